The van der Waals surface area contributed by atoms with E-state index < -0.39 is 16.1 Å². The van der Waals surface area contributed by atoms with E-state index in [1.165, 1.54) is 7.11 Å². The number of aryl methyl sites for hydroxylation is 2. The first kappa shape index (κ1) is 24.1. The van der Waals surface area contributed by atoms with Crippen LogP contribution in [0.5, 0.6) is 11.6 Å². The summed E-state index contributed by atoms with van der Waals surface area (Å²) in [5, 5.41) is 17.9. The van der Waals surface area contributed by atoms with Gasteiger partial charge in [-0.3, -0.25) is 9.29 Å². The third-order valence-corrected chi connectivity index (χ3v) is 7.01. The number of hydrogen-bond donors (Lipinski definition) is 1. The molecule has 1 aliphatic heterocycles. The van der Waals surface area contributed by atoms with Gasteiger partial charge in [-0.2, -0.15) is 5.26 Å². The van der Waals surface area contributed by atoms with E-state index in [0.717, 1.165) is 5.56 Å². The summed E-state index contributed by atoms with van der Waals surface area (Å²) < 4.78 is 41.8. The highest BCUT2D eigenvalue weighted by Gasteiger charge is 2.32. The molecule has 0 fully saturated rings. The minimum Gasteiger partial charge on any atom is -0.485 e. The van der Waals surface area contributed by atoms with Crippen molar-refractivity contribution >= 4 is 16.0 Å². The number of rotatable bonds is 7. The summed E-state index contributed by atoms with van der Waals surface area (Å²) in [4.78, 5) is 12.6. The second kappa shape index (κ2) is 9.82. The first-order valence-electron chi connectivity index (χ1n) is 11.3. The van der Waals surface area contributed by atoms with Gasteiger partial charge in [0.25, 0.3) is 5.88 Å². The van der Waals surface area contributed by atoms with Crippen LogP contribution in [0.2, 0.25) is 0 Å². The molecule has 13 heteroatoms. The number of nitrogens with one attached hydrogen (secondary N) is 1. The van der Waals surface area contributed by atoms with Crippen molar-refractivity contribution in [2.24, 2.45) is 0 Å². The zero-order valence-corrected chi connectivity index (χ0v) is 20.8. The van der Waals surface area contributed by atoms with E-state index in [9.17, 15) is 13.7 Å². The van der Waals surface area contributed by atoms with Crippen LogP contribution in [0.25, 0.3) is 11.4 Å². The number of sulfonamides is 1. The van der Waals surface area contributed by atoms with Gasteiger partial charge in [0, 0.05) is 25.0 Å². The average Bonchev–Trinajstić information content (AvgIpc) is 3.22. The summed E-state index contributed by atoms with van der Waals surface area (Å²) in [5.74, 6) is 1.17. The van der Waals surface area contributed by atoms with E-state index in [0.29, 0.717) is 34.1 Å². The summed E-state index contributed by atoms with van der Waals surface area (Å²) >= 11 is 0. The minimum atomic E-state index is -3.85. The molecule has 188 valence electrons. The van der Waals surface area contributed by atoms with Crippen molar-refractivity contribution in [2.45, 2.75) is 19.4 Å². The van der Waals surface area contributed by atoms with Crippen molar-refractivity contribution in [2.75, 3.05) is 24.2 Å². The lowest BCUT2D eigenvalue weighted by Gasteiger charge is -2.20. The Morgan fingerprint density at radius 3 is 2.78 bits per heavy atom. The quantitative estimate of drug-likeness (QED) is 0.385. The summed E-state index contributed by atoms with van der Waals surface area (Å²) in [6.45, 7) is 1.94. The molecule has 3 aromatic heterocycles. The van der Waals surface area contributed by atoms with Gasteiger partial charge < -0.3 is 9.47 Å². The predicted octanol–water partition coefficient (Wildman–Crippen LogP) is 2.29. The lowest BCUT2D eigenvalue weighted by Crippen LogP contribution is -2.25. The molecule has 0 unspecified atom stereocenters. The third-order valence-electron chi connectivity index (χ3n) is 5.78. The average molecular weight is 519 g/mol. The molecule has 0 amide bonds. The van der Waals surface area contributed by atoms with Crippen molar-refractivity contribution in [1.82, 2.24) is 29.7 Å². The first-order valence-corrected chi connectivity index (χ1v) is 12.9. The standard InChI is InChI=1S/C24H22N8O4S/c1-15-12-27-20(28-13-15)7-9-37(33,34)31-24-30-29-22-18-6-8-26-23(35-2)21(18)36-14-19(32(22)24)17-5-3-4-16(10-17)11-25/h3-6,8,10,12-13,19H,7,9,14H2,1-2H3,(H,30,31)/t19-/m1/s1. The van der Waals surface area contributed by atoms with Crippen LogP contribution < -0.4 is 14.2 Å². The lowest BCUT2D eigenvalue weighted by molar-refractivity contribution is 0.263. The normalized spacial score (nSPS) is 14.5. The Labute approximate surface area is 213 Å². The van der Waals surface area contributed by atoms with Gasteiger partial charge in [0.2, 0.25) is 16.0 Å². The number of anilines is 1. The molecule has 0 spiro atoms. The van der Waals surface area contributed by atoms with E-state index in [-0.39, 0.29) is 30.6 Å². The van der Waals surface area contributed by atoms with Crippen LogP contribution in [0.15, 0.2) is 48.9 Å². The number of aromatic nitrogens is 6. The number of nitrogens with zero attached hydrogens (tertiary/aromatic N) is 7. The van der Waals surface area contributed by atoms with Gasteiger partial charge in [-0.25, -0.2) is 23.4 Å². The van der Waals surface area contributed by atoms with Crippen molar-refractivity contribution in [1.29, 1.82) is 5.26 Å². The zero-order chi connectivity index (χ0) is 26.0. The van der Waals surface area contributed by atoms with E-state index in [4.69, 9.17) is 9.47 Å². The highest BCUT2D eigenvalue weighted by atomic mass is 32.2. The fraction of sp³-hybridized carbons (Fsp3) is 0.250. The summed E-state index contributed by atoms with van der Waals surface area (Å²) in [6, 6.07) is 10.3. The number of nitriles is 1. The molecular weight excluding hydrogens is 496 g/mol. The molecule has 0 saturated carbocycles. The highest BCUT2D eigenvalue weighted by molar-refractivity contribution is 7.92. The largest absolute Gasteiger partial charge is 0.485 e. The fourth-order valence-corrected chi connectivity index (χ4v) is 4.96. The Hall–Kier alpha value is -4.57. The number of fused-ring (bicyclic) bond motifs is 3. The number of hydrogen-bond acceptors (Lipinski definition) is 10. The molecule has 5 rings (SSSR count). The molecule has 12 nitrogen and oxygen atoms in total. The molecule has 0 saturated heterocycles. The van der Waals surface area contributed by atoms with Crippen LogP contribution in [-0.2, 0) is 16.4 Å². The van der Waals surface area contributed by atoms with Crippen molar-refractivity contribution < 1.29 is 17.9 Å². The SMILES string of the molecule is COc1nccc2c1OC[C@H](c1cccc(C#N)c1)n1c(NS(=O)(=O)CCc3ncc(C)cn3)nnc1-2. The van der Waals surface area contributed by atoms with E-state index in [1.54, 1.807) is 47.4 Å². The minimum absolute atomic E-state index is 0.0133. The van der Waals surface area contributed by atoms with Gasteiger partial charge in [-0.15, -0.1) is 10.2 Å². The van der Waals surface area contributed by atoms with Gasteiger partial charge in [-0.1, -0.05) is 12.1 Å². The molecule has 1 atom stereocenters. The van der Waals surface area contributed by atoms with Crippen LogP contribution in [0.1, 0.15) is 28.6 Å². The van der Waals surface area contributed by atoms with Crippen molar-refractivity contribution in [3.63, 3.8) is 0 Å². The molecule has 1 N–H and O–H groups in total. The zero-order valence-electron chi connectivity index (χ0n) is 20.0. The maximum absolute atomic E-state index is 13.0. The van der Waals surface area contributed by atoms with Crippen LogP contribution in [0, 0.1) is 18.3 Å². The first-order chi connectivity index (χ1) is 17.9. The van der Waals surface area contributed by atoms with Crippen molar-refractivity contribution in [3.05, 3.63) is 71.4 Å². The molecule has 0 aliphatic carbocycles. The molecular formula is C24H22N8O4S. The third kappa shape index (κ3) is 4.91. The van der Waals surface area contributed by atoms with Gasteiger partial charge in [0.05, 0.1) is 36.1 Å². The second-order valence-electron chi connectivity index (χ2n) is 8.33. The Bertz CT molecular complexity index is 1600. The van der Waals surface area contributed by atoms with E-state index >= 15 is 0 Å². The summed E-state index contributed by atoms with van der Waals surface area (Å²) in [5.41, 5.74) is 2.59. The Kier molecular flexibility index (Phi) is 6.41. The lowest BCUT2D eigenvalue weighted by atomic mass is 10.0. The van der Waals surface area contributed by atoms with Crippen LogP contribution in [0.4, 0.5) is 5.95 Å². The predicted molar refractivity (Wildman–Crippen MR) is 132 cm³/mol. The van der Waals surface area contributed by atoms with E-state index in [1.807, 2.05) is 13.0 Å². The second-order valence-corrected chi connectivity index (χ2v) is 10.2. The van der Waals surface area contributed by atoms with E-state index in [2.05, 4.69) is 35.9 Å². The maximum Gasteiger partial charge on any atom is 0.257 e. The Morgan fingerprint density at radius 2 is 2.03 bits per heavy atom. The van der Waals surface area contributed by atoms with Crippen LogP contribution >= 0.6 is 0 Å². The molecule has 4 heterocycles. The number of methoxy groups -OCH3 is 1. The Morgan fingerprint density at radius 1 is 1.22 bits per heavy atom. The maximum atomic E-state index is 13.0. The van der Waals surface area contributed by atoms with Gasteiger partial charge >= 0.3 is 0 Å². The molecule has 4 aromatic rings. The van der Waals surface area contributed by atoms with Crippen LogP contribution in [-0.4, -0.2) is 57.6 Å². The van der Waals surface area contributed by atoms with Gasteiger partial charge in [0.1, 0.15) is 12.4 Å². The Balaban J connectivity index is 1.55. The molecule has 0 bridgehead atoms. The van der Waals surface area contributed by atoms with Gasteiger partial charge in [0.15, 0.2) is 11.6 Å². The number of benzene rings is 1. The van der Waals surface area contributed by atoms with Gasteiger partial charge in [-0.05, 0) is 36.2 Å². The smallest absolute Gasteiger partial charge is 0.257 e. The highest BCUT2D eigenvalue weighted by Crippen LogP contribution is 2.42. The molecule has 37 heavy (non-hydrogen) atoms. The monoisotopic (exact) mass is 518 g/mol. The van der Waals surface area contributed by atoms with Crippen LogP contribution in [0.3, 0.4) is 0 Å². The molecule has 0 radical (unpaired) electrons. The fourth-order valence-electron chi connectivity index (χ4n) is 3.99. The number of ether oxygens (including phenoxy) is 2. The topological polar surface area (TPSA) is 158 Å². The summed E-state index contributed by atoms with van der Waals surface area (Å²) in [7, 11) is -2.37. The number of pyridine rings is 1. The molecule has 1 aromatic carbocycles. The summed E-state index contributed by atoms with van der Waals surface area (Å²) in [6.07, 6.45) is 4.95. The van der Waals surface area contributed by atoms with Crippen molar-refractivity contribution in [3.8, 4) is 29.1 Å². The molecule has 1 aliphatic rings.